The predicted molar refractivity (Wildman–Crippen MR) is 111 cm³/mol. The first-order valence-electron chi connectivity index (χ1n) is 8.67. The third-order valence-electron chi connectivity index (χ3n) is 4.83. The average Bonchev–Trinajstić information content (AvgIpc) is 3.37. The van der Waals surface area contributed by atoms with E-state index in [1.54, 1.807) is 0 Å². The number of anilines is 1. The Bertz CT molecular complexity index is 631. The molecule has 0 radical (unpaired) electrons. The molecule has 1 aliphatic heterocycles. The second-order valence-corrected chi connectivity index (χ2v) is 6.77. The molecule has 3 rings (SSSR count). The van der Waals surface area contributed by atoms with E-state index in [-0.39, 0.29) is 47.8 Å². The van der Waals surface area contributed by atoms with Crippen LogP contribution in [-0.4, -0.2) is 43.2 Å². The molecule has 25 heavy (non-hydrogen) atoms. The maximum Gasteiger partial charge on any atom is 0.225 e. The number of aliphatic hydroxyl groups is 1. The highest BCUT2D eigenvalue weighted by Gasteiger charge is 2.41. The maximum atomic E-state index is 11.9. The summed E-state index contributed by atoms with van der Waals surface area (Å²) in [5.41, 5.74) is 2.06. The lowest BCUT2D eigenvalue weighted by molar-refractivity contribution is -0.116. The van der Waals surface area contributed by atoms with Crippen molar-refractivity contribution < 1.29 is 9.90 Å². The molecular formula is C18H27IN4O2. The molecule has 1 amide bonds. The highest BCUT2D eigenvalue weighted by molar-refractivity contribution is 14.0. The SMILES string of the molecule is CCNC(=NCC1(CO)CC1)NCC1CC(=O)Nc2ccccc21.I. The number of aliphatic hydroxyl groups excluding tert-OH is 1. The van der Waals surface area contributed by atoms with Gasteiger partial charge in [0, 0.05) is 36.5 Å². The minimum atomic E-state index is -0.000322. The molecule has 6 nitrogen and oxygen atoms in total. The molecule has 1 unspecified atom stereocenters. The fourth-order valence-corrected chi connectivity index (χ4v) is 3.04. The first kappa shape index (κ1) is 20.0. The summed E-state index contributed by atoms with van der Waals surface area (Å²) in [5.74, 6) is 0.937. The Morgan fingerprint density at radius 2 is 2.12 bits per heavy atom. The number of hydrogen-bond donors (Lipinski definition) is 4. The lowest BCUT2D eigenvalue weighted by Crippen LogP contribution is -2.41. The van der Waals surface area contributed by atoms with Gasteiger partial charge in [0.2, 0.25) is 5.91 Å². The van der Waals surface area contributed by atoms with E-state index >= 15 is 0 Å². The Morgan fingerprint density at radius 1 is 1.36 bits per heavy atom. The van der Waals surface area contributed by atoms with Crippen LogP contribution in [0.3, 0.4) is 0 Å². The number of amides is 1. The van der Waals surface area contributed by atoms with Gasteiger partial charge in [0.15, 0.2) is 5.96 Å². The Balaban J connectivity index is 0.00000225. The molecule has 0 saturated heterocycles. The molecule has 1 atom stereocenters. The molecule has 1 aromatic rings. The smallest absolute Gasteiger partial charge is 0.225 e. The van der Waals surface area contributed by atoms with Crippen molar-refractivity contribution >= 4 is 41.5 Å². The molecule has 0 bridgehead atoms. The summed E-state index contributed by atoms with van der Waals surface area (Å²) >= 11 is 0. The van der Waals surface area contributed by atoms with Gasteiger partial charge in [-0.05, 0) is 31.4 Å². The molecule has 4 N–H and O–H groups in total. The Kier molecular flexibility index (Phi) is 7.06. The van der Waals surface area contributed by atoms with Crippen LogP contribution in [0.2, 0.25) is 0 Å². The van der Waals surface area contributed by atoms with E-state index in [1.165, 1.54) is 0 Å². The van der Waals surface area contributed by atoms with Gasteiger partial charge in [0.05, 0.1) is 13.2 Å². The van der Waals surface area contributed by atoms with Gasteiger partial charge >= 0.3 is 0 Å². The van der Waals surface area contributed by atoms with Crippen molar-refractivity contribution in [3.8, 4) is 0 Å². The number of hydrogen-bond acceptors (Lipinski definition) is 3. The highest BCUT2D eigenvalue weighted by atomic mass is 127. The fourth-order valence-electron chi connectivity index (χ4n) is 3.04. The summed E-state index contributed by atoms with van der Waals surface area (Å²) in [4.78, 5) is 16.5. The van der Waals surface area contributed by atoms with Crippen molar-refractivity contribution in [1.29, 1.82) is 0 Å². The number of carbonyl (C=O) groups is 1. The van der Waals surface area contributed by atoms with Gasteiger partial charge in [-0.25, -0.2) is 0 Å². The van der Waals surface area contributed by atoms with Crippen LogP contribution < -0.4 is 16.0 Å². The van der Waals surface area contributed by atoms with Crippen LogP contribution in [-0.2, 0) is 4.79 Å². The van der Waals surface area contributed by atoms with E-state index in [0.29, 0.717) is 19.5 Å². The van der Waals surface area contributed by atoms with Crippen molar-refractivity contribution in [3.05, 3.63) is 29.8 Å². The summed E-state index contributed by atoms with van der Waals surface area (Å²) in [7, 11) is 0. The monoisotopic (exact) mass is 458 g/mol. The molecule has 138 valence electrons. The number of carbonyl (C=O) groups excluding carboxylic acids is 1. The van der Waals surface area contributed by atoms with Crippen LogP contribution >= 0.6 is 24.0 Å². The predicted octanol–water partition coefficient (Wildman–Crippen LogP) is 2.06. The van der Waals surface area contributed by atoms with Crippen LogP contribution in [0.15, 0.2) is 29.3 Å². The topological polar surface area (TPSA) is 85.8 Å². The van der Waals surface area contributed by atoms with E-state index in [9.17, 15) is 9.90 Å². The summed E-state index contributed by atoms with van der Waals surface area (Å²) in [6.07, 6.45) is 2.56. The number of para-hydroxylation sites is 1. The van der Waals surface area contributed by atoms with Crippen LogP contribution in [0.1, 0.15) is 37.7 Å². The van der Waals surface area contributed by atoms with Crippen molar-refractivity contribution in [2.45, 2.75) is 32.1 Å². The average molecular weight is 458 g/mol. The number of halogens is 1. The second-order valence-electron chi connectivity index (χ2n) is 6.77. The molecule has 1 aliphatic carbocycles. The molecule has 1 saturated carbocycles. The normalized spacial score (nSPS) is 20.8. The van der Waals surface area contributed by atoms with Gasteiger partial charge in [0.1, 0.15) is 0 Å². The van der Waals surface area contributed by atoms with E-state index in [1.807, 2.05) is 25.1 Å². The standard InChI is InChI=1S/C18H26N4O2.HI/c1-2-19-17(21-11-18(12-23)7-8-18)20-10-13-9-16(24)22-15-6-4-3-5-14(13)15;/h3-6,13,23H,2,7-12H2,1H3,(H,22,24)(H2,19,20,21);1H. The summed E-state index contributed by atoms with van der Waals surface area (Å²) < 4.78 is 0. The zero-order valence-corrected chi connectivity index (χ0v) is 16.9. The molecule has 2 aliphatic rings. The minimum absolute atomic E-state index is 0. The first-order valence-corrected chi connectivity index (χ1v) is 8.67. The number of aliphatic imine (C=N–C) groups is 1. The van der Waals surface area contributed by atoms with E-state index < -0.39 is 0 Å². The summed E-state index contributed by atoms with van der Waals surface area (Å²) in [5, 5.41) is 18.9. The maximum absolute atomic E-state index is 11.9. The van der Waals surface area contributed by atoms with Gasteiger partial charge in [0.25, 0.3) is 0 Å². The van der Waals surface area contributed by atoms with Crippen molar-refractivity contribution in [2.24, 2.45) is 10.4 Å². The van der Waals surface area contributed by atoms with E-state index in [2.05, 4.69) is 27.0 Å². The molecule has 7 heteroatoms. The zero-order chi connectivity index (χ0) is 17.0. The van der Waals surface area contributed by atoms with Crippen LogP contribution in [0, 0.1) is 5.41 Å². The van der Waals surface area contributed by atoms with Gasteiger partial charge in [-0.2, -0.15) is 0 Å². The summed E-state index contributed by atoms with van der Waals surface area (Å²) in [6, 6.07) is 7.94. The lowest BCUT2D eigenvalue weighted by atomic mass is 9.90. The highest BCUT2D eigenvalue weighted by Crippen LogP contribution is 2.45. The van der Waals surface area contributed by atoms with Crippen LogP contribution in [0.5, 0.6) is 0 Å². The van der Waals surface area contributed by atoms with Crippen molar-refractivity contribution in [1.82, 2.24) is 10.6 Å². The number of rotatable bonds is 6. The van der Waals surface area contributed by atoms with E-state index in [4.69, 9.17) is 0 Å². The number of fused-ring (bicyclic) bond motifs is 1. The first-order chi connectivity index (χ1) is 11.7. The lowest BCUT2D eigenvalue weighted by Gasteiger charge is -2.26. The van der Waals surface area contributed by atoms with Gasteiger partial charge in [-0.3, -0.25) is 9.79 Å². The molecular weight excluding hydrogens is 431 g/mol. The molecule has 0 aromatic heterocycles. The van der Waals surface area contributed by atoms with Crippen molar-refractivity contribution in [3.63, 3.8) is 0 Å². The van der Waals surface area contributed by atoms with Gasteiger partial charge in [-0.1, -0.05) is 18.2 Å². The third-order valence-corrected chi connectivity index (χ3v) is 4.83. The quantitative estimate of drug-likeness (QED) is 0.299. The van der Waals surface area contributed by atoms with Crippen LogP contribution in [0.4, 0.5) is 5.69 Å². The fraction of sp³-hybridized carbons (Fsp3) is 0.556. The third kappa shape index (κ3) is 5.07. The molecule has 1 aromatic carbocycles. The Labute approximate surface area is 165 Å². The number of nitrogens with zero attached hydrogens (tertiary/aromatic N) is 1. The van der Waals surface area contributed by atoms with Crippen molar-refractivity contribution in [2.75, 3.05) is 31.6 Å². The number of nitrogens with one attached hydrogen (secondary N) is 3. The van der Waals surface area contributed by atoms with Gasteiger partial charge < -0.3 is 21.1 Å². The van der Waals surface area contributed by atoms with Gasteiger partial charge in [-0.15, -0.1) is 24.0 Å². The molecule has 0 spiro atoms. The largest absolute Gasteiger partial charge is 0.396 e. The zero-order valence-electron chi connectivity index (χ0n) is 14.5. The van der Waals surface area contributed by atoms with E-state index in [0.717, 1.165) is 36.6 Å². The number of guanidine groups is 1. The molecule has 1 heterocycles. The number of benzene rings is 1. The van der Waals surface area contributed by atoms with Crippen LogP contribution in [0.25, 0.3) is 0 Å². The minimum Gasteiger partial charge on any atom is -0.396 e. The Hall–Kier alpha value is -1.35. The molecule has 1 fully saturated rings. The summed E-state index contributed by atoms with van der Waals surface area (Å²) in [6.45, 7) is 4.30. The Morgan fingerprint density at radius 3 is 2.80 bits per heavy atom. The second kappa shape index (κ2) is 8.84.